The molecule has 1 aliphatic rings. The molecule has 0 fully saturated rings. The molecule has 0 aliphatic carbocycles. The van der Waals surface area contributed by atoms with Gasteiger partial charge in [0, 0.05) is 17.1 Å². The van der Waals surface area contributed by atoms with Gasteiger partial charge in [0.15, 0.2) is 0 Å². The van der Waals surface area contributed by atoms with Gasteiger partial charge in [0.05, 0.1) is 0 Å². The number of hydrogen-bond donors (Lipinski definition) is 0. The highest BCUT2D eigenvalue weighted by molar-refractivity contribution is 7.03. The standard InChI is InChI=1S/C54H41NSi/c1-56(2)51-36-39(30-34-47(51)48-35-33-44(37-52(48)56)55(42-18-8-4-9-19-42)43-20-10-5-11-21-43)27-26-38-28-31-41(32-29-38)54-50-25-15-13-23-46(50)45-22-12-14-24-49(45)53(54)40-16-6-3-7-17-40/h3-37H,1-2H3/b27-26+. The van der Waals surface area contributed by atoms with Crippen LogP contribution in [0.15, 0.2) is 200 Å². The highest BCUT2D eigenvalue weighted by atomic mass is 28.3. The Bertz CT molecular complexity index is 2870. The van der Waals surface area contributed by atoms with Crippen LogP contribution in [0.1, 0.15) is 11.1 Å². The molecule has 0 spiro atoms. The summed E-state index contributed by atoms with van der Waals surface area (Å²) in [6.45, 7) is 5.01. The summed E-state index contributed by atoms with van der Waals surface area (Å²) in [7, 11) is -1.98. The van der Waals surface area contributed by atoms with Crippen LogP contribution in [0.25, 0.3) is 67.1 Å². The average molecular weight is 732 g/mol. The van der Waals surface area contributed by atoms with Crippen LogP contribution >= 0.6 is 0 Å². The van der Waals surface area contributed by atoms with E-state index in [0.717, 1.165) is 11.4 Å². The van der Waals surface area contributed by atoms with Crippen LogP contribution in [-0.4, -0.2) is 8.07 Å². The molecule has 10 rings (SSSR count). The second kappa shape index (κ2) is 13.8. The molecule has 0 amide bonds. The normalized spacial score (nSPS) is 12.9. The summed E-state index contributed by atoms with van der Waals surface area (Å²) in [6.07, 6.45) is 4.54. The summed E-state index contributed by atoms with van der Waals surface area (Å²) in [5.74, 6) is 0. The van der Waals surface area contributed by atoms with Gasteiger partial charge in [0.2, 0.25) is 0 Å². The third kappa shape index (κ3) is 5.78. The van der Waals surface area contributed by atoms with Crippen LogP contribution in [0.4, 0.5) is 17.1 Å². The Morgan fingerprint density at radius 1 is 0.357 bits per heavy atom. The molecule has 0 unspecified atom stereocenters. The molecule has 0 N–H and O–H groups in total. The van der Waals surface area contributed by atoms with E-state index in [2.05, 4.69) is 230 Å². The smallest absolute Gasteiger partial charge is 0.113 e. The minimum Gasteiger partial charge on any atom is -0.311 e. The molecule has 0 aromatic heterocycles. The van der Waals surface area contributed by atoms with E-state index >= 15 is 0 Å². The highest BCUT2D eigenvalue weighted by Gasteiger charge is 2.38. The van der Waals surface area contributed by atoms with E-state index in [1.807, 2.05) is 0 Å². The number of nitrogens with zero attached hydrogens (tertiary/aromatic N) is 1. The molecule has 2 heteroatoms. The topological polar surface area (TPSA) is 3.24 Å². The van der Waals surface area contributed by atoms with Crippen molar-refractivity contribution in [3.05, 3.63) is 211 Å². The molecule has 0 bridgehead atoms. The van der Waals surface area contributed by atoms with Crippen molar-refractivity contribution in [1.29, 1.82) is 0 Å². The van der Waals surface area contributed by atoms with Crippen molar-refractivity contribution >= 4 is 69.2 Å². The van der Waals surface area contributed by atoms with Gasteiger partial charge in [0.1, 0.15) is 8.07 Å². The Morgan fingerprint density at radius 2 is 0.786 bits per heavy atom. The van der Waals surface area contributed by atoms with E-state index in [0.29, 0.717) is 0 Å². The van der Waals surface area contributed by atoms with Crippen LogP contribution < -0.4 is 15.3 Å². The lowest BCUT2D eigenvalue weighted by atomic mass is 9.85. The molecule has 1 heterocycles. The molecule has 1 nitrogen and oxygen atoms in total. The molecule has 9 aromatic carbocycles. The first-order chi connectivity index (χ1) is 27.5. The zero-order chi connectivity index (χ0) is 37.6. The monoisotopic (exact) mass is 731 g/mol. The van der Waals surface area contributed by atoms with Gasteiger partial charge >= 0.3 is 0 Å². The molecule has 0 saturated heterocycles. The molecule has 266 valence electrons. The van der Waals surface area contributed by atoms with Crippen LogP contribution in [0.5, 0.6) is 0 Å². The van der Waals surface area contributed by atoms with Gasteiger partial charge in [0.25, 0.3) is 0 Å². The van der Waals surface area contributed by atoms with Gasteiger partial charge in [-0.05, 0) is 113 Å². The molecule has 0 radical (unpaired) electrons. The van der Waals surface area contributed by atoms with Crippen molar-refractivity contribution in [1.82, 2.24) is 0 Å². The zero-order valence-electron chi connectivity index (χ0n) is 31.7. The number of rotatable bonds is 7. The van der Waals surface area contributed by atoms with E-state index in [1.54, 1.807) is 0 Å². The third-order valence-corrected chi connectivity index (χ3v) is 15.2. The number of para-hydroxylation sites is 2. The summed E-state index contributed by atoms with van der Waals surface area (Å²) < 4.78 is 0. The average Bonchev–Trinajstić information content (AvgIpc) is 3.48. The van der Waals surface area contributed by atoms with Crippen molar-refractivity contribution in [3.8, 4) is 33.4 Å². The van der Waals surface area contributed by atoms with Crippen LogP contribution in [-0.2, 0) is 0 Å². The lowest BCUT2D eigenvalue weighted by Crippen LogP contribution is -2.49. The number of fused-ring (bicyclic) bond motifs is 6. The Balaban J connectivity index is 0.980. The summed E-state index contributed by atoms with van der Waals surface area (Å²) in [4.78, 5) is 2.37. The van der Waals surface area contributed by atoms with Gasteiger partial charge in [-0.1, -0.05) is 189 Å². The summed E-state index contributed by atoms with van der Waals surface area (Å²) in [5, 5.41) is 8.13. The van der Waals surface area contributed by atoms with E-state index < -0.39 is 8.07 Å². The van der Waals surface area contributed by atoms with E-state index in [1.165, 1.54) is 82.1 Å². The molecule has 9 aromatic rings. The molecule has 0 atom stereocenters. The largest absolute Gasteiger partial charge is 0.311 e. The molecular weight excluding hydrogens is 691 g/mol. The van der Waals surface area contributed by atoms with Crippen LogP contribution in [0.2, 0.25) is 13.1 Å². The maximum atomic E-state index is 2.50. The van der Waals surface area contributed by atoms with Crippen LogP contribution in [0.3, 0.4) is 0 Å². The summed E-state index contributed by atoms with van der Waals surface area (Å²) in [6, 6.07) is 73.2. The van der Waals surface area contributed by atoms with Gasteiger partial charge in [-0.2, -0.15) is 0 Å². The van der Waals surface area contributed by atoms with Gasteiger partial charge in [-0.15, -0.1) is 0 Å². The Hall–Kier alpha value is -6.74. The Kier molecular flexibility index (Phi) is 8.35. The lowest BCUT2D eigenvalue weighted by molar-refractivity contribution is 1.29. The first-order valence-electron chi connectivity index (χ1n) is 19.5. The predicted molar refractivity (Wildman–Crippen MR) is 245 cm³/mol. The number of anilines is 3. The second-order valence-electron chi connectivity index (χ2n) is 15.3. The van der Waals surface area contributed by atoms with E-state index in [9.17, 15) is 0 Å². The fraction of sp³-hybridized carbons (Fsp3) is 0.0370. The molecule has 0 saturated carbocycles. The minimum atomic E-state index is -1.98. The SMILES string of the molecule is C[Si]1(C)c2cc(/C=C/c3ccc(-c4c(-c5ccccc5)c5ccccc5c5ccccc45)cc3)ccc2-c2ccc(N(c3ccccc3)c3ccccc3)cc21. The Morgan fingerprint density at radius 3 is 1.36 bits per heavy atom. The summed E-state index contributed by atoms with van der Waals surface area (Å²) >= 11 is 0. The van der Waals surface area contributed by atoms with Crippen molar-refractivity contribution in [3.63, 3.8) is 0 Å². The number of hydrogen-bond acceptors (Lipinski definition) is 1. The first kappa shape index (κ1) is 33.8. The number of benzene rings is 9. The fourth-order valence-corrected chi connectivity index (χ4v) is 12.0. The molecule has 1 aliphatic heterocycles. The molecular formula is C54H41NSi. The highest BCUT2D eigenvalue weighted by Crippen LogP contribution is 2.44. The van der Waals surface area contributed by atoms with E-state index in [-0.39, 0.29) is 0 Å². The molecule has 56 heavy (non-hydrogen) atoms. The quantitative estimate of drug-likeness (QED) is 0.0896. The van der Waals surface area contributed by atoms with Crippen molar-refractivity contribution in [2.24, 2.45) is 0 Å². The van der Waals surface area contributed by atoms with Crippen molar-refractivity contribution in [2.45, 2.75) is 13.1 Å². The minimum absolute atomic E-state index is 1.16. The summed E-state index contributed by atoms with van der Waals surface area (Å²) in [5.41, 5.74) is 13.7. The van der Waals surface area contributed by atoms with Gasteiger partial charge < -0.3 is 4.90 Å². The predicted octanol–water partition coefficient (Wildman–Crippen LogP) is 13.8. The first-order valence-corrected chi connectivity index (χ1v) is 22.5. The zero-order valence-corrected chi connectivity index (χ0v) is 32.7. The fourth-order valence-electron chi connectivity index (χ4n) is 8.89. The van der Waals surface area contributed by atoms with Gasteiger partial charge in [-0.25, -0.2) is 0 Å². The lowest BCUT2D eigenvalue weighted by Gasteiger charge is -2.27. The van der Waals surface area contributed by atoms with Crippen molar-refractivity contribution < 1.29 is 0 Å². The second-order valence-corrected chi connectivity index (χ2v) is 19.7. The Labute approximate surface area is 330 Å². The third-order valence-electron chi connectivity index (χ3n) is 11.6. The van der Waals surface area contributed by atoms with Crippen molar-refractivity contribution in [2.75, 3.05) is 4.90 Å². The van der Waals surface area contributed by atoms with Crippen LogP contribution in [0, 0.1) is 0 Å². The van der Waals surface area contributed by atoms with E-state index in [4.69, 9.17) is 0 Å². The maximum Gasteiger partial charge on any atom is 0.113 e. The van der Waals surface area contributed by atoms with Gasteiger partial charge in [-0.3, -0.25) is 0 Å². The maximum absolute atomic E-state index is 2.50.